The second-order valence-electron chi connectivity index (χ2n) is 12.0. The van der Waals surface area contributed by atoms with Gasteiger partial charge in [-0.2, -0.15) is 0 Å². The lowest BCUT2D eigenvalue weighted by Crippen LogP contribution is -2.50. The molecule has 3 saturated carbocycles. The highest BCUT2D eigenvalue weighted by Crippen LogP contribution is 2.67. The molecule has 0 unspecified atom stereocenters. The number of rotatable bonds is 5. The summed E-state index contributed by atoms with van der Waals surface area (Å²) in [6.45, 7) is 16.3. The molecule has 1 heteroatoms. The Morgan fingerprint density at radius 1 is 1.17 bits per heavy atom. The van der Waals surface area contributed by atoms with Gasteiger partial charge < -0.3 is 5.11 Å². The Morgan fingerprint density at radius 3 is 2.63 bits per heavy atom. The van der Waals surface area contributed by atoms with Crippen molar-refractivity contribution in [1.29, 1.82) is 0 Å². The van der Waals surface area contributed by atoms with Crippen LogP contribution in [0, 0.1) is 46.3 Å². The van der Waals surface area contributed by atoms with Crippen molar-refractivity contribution in [1.82, 2.24) is 0 Å². The van der Waals surface area contributed by atoms with E-state index >= 15 is 0 Å². The van der Waals surface area contributed by atoms with Crippen molar-refractivity contribution in [2.24, 2.45) is 46.3 Å². The van der Waals surface area contributed by atoms with Crippen molar-refractivity contribution in [3.8, 4) is 0 Å². The van der Waals surface area contributed by atoms with Crippen LogP contribution < -0.4 is 0 Å². The minimum Gasteiger partial charge on any atom is -0.393 e. The summed E-state index contributed by atoms with van der Waals surface area (Å²) in [6, 6.07) is 0. The number of hydrogen-bond acceptors (Lipinski definition) is 1. The number of fused-ring (bicyclic) bond motifs is 5. The molecule has 4 aliphatic rings. The molecule has 1 nitrogen and oxygen atoms in total. The molecule has 9 atom stereocenters. The number of aliphatic hydroxyl groups is 1. The van der Waals surface area contributed by atoms with Crippen molar-refractivity contribution in [3.05, 3.63) is 36.0 Å². The molecule has 0 aromatic rings. The molecular weight excluding hydrogens is 364 g/mol. The van der Waals surface area contributed by atoms with Crippen LogP contribution in [0.1, 0.15) is 92.4 Å². The van der Waals surface area contributed by atoms with E-state index in [4.69, 9.17) is 0 Å². The normalized spacial score (nSPS) is 45.3. The van der Waals surface area contributed by atoms with Crippen LogP contribution in [0.25, 0.3) is 0 Å². The van der Waals surface area contributed by atoms with E-state index in [0.29, 0.717) is 22.7 Å². The Balaban J connectivity index is 1.53. The first-order chi connectivity index (χ1) is 14.2. The predicted octanol–water partition coefficient (Wildman–Crippen LogP) is 7.72. The summed E-state index contributed by atoms with van der Waals surface area (Å²) in [7, 11) is 0. The van der Waals surface area contributed by atoms with Crippen LogP contribution >= 0.6 is 0 Å². The van der Waals surface area contributed by atoms with Crippen molar-refractivity contribution >= 4 is 0 Å². The number of aliphatic hydroxyl groups excluding tert-OH is 1. The lowest BCUT2D eigenvalue weighted by Gasteiger charge is -2.58. The van der Waals surface area contributed by atoms with Crippen LogP contribution in [0.15, 0.2) is 36.0 Å². The maximum atomic E-state index is 10.2. The molecule has 0 spiro atoms. The highest BCUT2D eigenvalue weighted by Gasteiger charge is 2.58. The third-order valence-electron chi connectivity index (χ3n) is 10.5. The smallest absolute Gasteiger partial charge is 0.0577 e. The Hall–Kier alpha value is -0.820. The van der Waals surface area contributed by atoms with E-state index < -0.39 is 0 Å². The van der Waals surface area contributed by atoms with Crippen molar-refractivity contribution < 1.29 is 5.11 Å². The molecule has 0 heterocycles. The first-order valence-electron chi connectivity index (χ1n) is 12.9. The first-order valence-corrected chi connectivity index (χ1v) is 12.9. The summed E-state index contributed by atoms with van der Waals surface area (Å²) in [6.07, 6.45) is 18.7. The Labute approximate surface area is 186 Å². The van der Waals surface area contributed by atoms with Gasteiger partial charge in [-0.05, 0) is 111 Å². The highest BCUT2D eigenvalue weighted by molar-refractivity contribution is 5.25. The molecular formula is C29H46O. The van der Waals surface area contributed by atoms with Crippen molar-refractivity contribution in [3.63, 3.8) is 0 Å². The Kier molecular flexibility index (Phi) is 6.17. The minimum atomic E-state index is -0.0932. The summed E-state index contributed by atoms with van der Waals surface area (Å²) >= 11 is 0. The van der Waals surface area contributed by atoms with Crippen LogP contribution in [0.3, 0.4) is 0 Å². The molecule has 3 fully saturated rings. The van der Waals surface area contributed by atoms with Gasteiger partial charge in [-0.3, -0.25) is 0 Å². The predicted molar refractivity (Wildman–Crippen MR) is 128 cm³/mol. The zero-order valence-corrected chi connectivity index (χ0v) is 20.3. The average Bonchev–Trinajstić information content (AvgIpc) is 3.06. The lowest BCUT2D eigenvalue weighted by molar-refractivity contribution is -0.0540. The molecule has 0 saturated heterocycles. The maximum absolute atomic E-state index is 10.2. The van der Waals surface area contributed by atoms with E-state index in [9.17, 15) is 5.11 Å². The number of hydrogen-bond donors (Lipinski definition) is 1. The van der Waals surface area contributed by atoms with Crippen LogP contribution in [0.2, 0.25) is 0 Å². The summed E-state index contributed by atoms with van der Waals surface area (Å²) in [5, 5.41) is 10.2. The molecule has 4 aliphatic carbocycles. The molecule has 1 N–H and O–H groups in total. The Bertz CT molecular complexity index is 716. The van der Waals surface area contributed by atoms with Gasteiger partial charge in [-0.25, -0.2) is 0 Å². The van der Waals surface area contributed by atoms with Gasteiger partial charge in [0.05, 0.1) is 6.10 Å². The largest absolute Gasteiger partial charge is 0.393 e. The van der Waals surface area contributed by atoms with Gasteiger partial charge in [0, 0.05) is 0 Å². The van der Waals surface area contributed by atoms with Gasteiger partial charge in [0.15, 0.2) is 0 Å². The standard InChI is InChI=1S/C29H46O/c1-7-21(19(2)3)9-8-20(4)25-12-13-26-24-11-10-22-18-23(30)14-16-28(22,5)27(24)15-17-29(25,26)6/h8-10,20-21,23-27,30H,2,7,11-18H2,1,3-6H3/b9-8+/t20-,21-,23+,24+,25-,26+,27+,28+,29-/m1/s1. The molecule has 168 valence electrons. The maximum Gasteiger partial charge on any atom is 0.0577 e. The summed E-state index contributed by atoms with van der Waals surface area (Å²) < 4.78 is 0. The topological polar surface area (TPSA) is 20.2 Å². The molecule has 0 bridgehead atoms. The molecule has 30 heavy (non-hydrogen) atoms. The van der Waals surface area contributed by atoms with E-state index in [1.165, 1.54) is 44.1 Å². The van der Waals surface area contributed by atoms with Gasteiger partial charge in [0.25, 0.3) is 0 Å². The molecule has 0 aromatic carbocycles. The van der Waals surface area contributed by atoms with Gasteiger partial charge >= 0.3 is 0 Å². The summed E-state index contributed by atoms with van der Waals surface area (Å²) in [5.74, 6) is 4.64. The second-order valence-corrected chi connectivity index (χ2v) is 12.0. The van der Waals surface area contributed by atoms with Gasteiger partial charge in [0.2, 0.25) is 0 Å². The third kappa shape index (κ3) is 3.58. The van der Waals surface area contributed by atoms with Gasteiger partial charge in [-0.15, -0.1) is 0 Å². The summed E-state index contributed by atoms with van der Waals surface area (Å²) in [5.41, 5.74) is 3.77. The van der Waals surface area contributed by atoms with E-state index in [1.807, 2.05) is 0 Å². The first kappa shape index (κ1) is 22.4. The summed E-state index contributed by atoms with van der Waals surface area (Å²) in [4.78, 5) is 0. The molecule has 0 aromatic heterocycles. The number of allylic oxidation sites excluding steroid dienone is 4. The average molecular weight is 411 g/mol. The van der Waals surface area contributed by atoms with Gasteiger partial charge in [0.1, 0.15) is 0 Å². The van der Waals surface area contributed by atoms with E-state index in [2.05, 4.69) is 59.4 Å². The quantitative estimate of drug-likeness (QED) is 0.460. The van der Waals surface area contributed by atoms with Crippen LogP contribution in [-0.4, -0.2) is 11.2 Å². The molecule has 4 rings (SSSR count). The minimum absolute atomic E-state index is 0.0932. The van der Waals surface area contributed by atoms with Crippen LogP contribution in [0.4, 0.5) is 0 Å². The van der Waals surface area contributed by atoms with Gasteiger partial charge in [-0.1, -0.05) is 63.6 Å². The fourth-order valence-electron chi connectivity index (χ4n) is 8.64. The fourth-order valence-corrected chi connectivity index (χ4v) is 8.64. The zero-order chi connectivity index (χ0) is 21.7. The molecule has 0 aliphatic heterocycles. The van der Waals surface area contributed by atoms with Crippen molar-refractivity contribution in [2.45, 2.75) is 98.5 Å². The molecule has 0 radical (unpaired) electrons. The van der Waals surface area contributed by atoms with Crippen molar-refractivity contribution in [2.75, 3.05) is 0 Å². The van der Waals surface area contributed by atoms with E-state index in [0.717, 1.165) is 42.9 Å². The highest BCUT2D eigenvalue weighted by atomic mass is 16.3. The van der Waals surface area contributed by atoms with Crippen LogP contribution in [-0.2, 0) is 0 Å². The van der Waals surface area contributed by atoms with Crippen LogP contribution in [0.5, 0.6) is 0 Å². The fraction of sp³-hybridized carbons (Fsp3) is 0.793. The monoisotopic (exact) mass is 410 g/mol. The second kappa shape index (κ2) is 8.27. The third-order valence-corrected chi connectivity index (χ3v) is 10.5. The molecule has 0 amide bonds. The zero-order valence-electron chi connectivity index (χ0n) is 20.3. The Morgan fingerprint density at radius 2 is 1.93 bits per heavy atom. The van der Waals surface area contributed by atoms with E-state index in [-0.39, 0.29) is 6.10 Å². The van der Waals surface area contributed by atoms with E-state index in [1.54, 1.807) is 5.57 Å². The SMILES string of the molecule is C=C(C)[C@@H](/C=C/[C@@H](C)[C@H]1CC[C@H]2[C@@H]3CC=C4C[C@@H](O)CC[C@]4(C)[C@H]3CC[C@]12C)CC. The lowest BCUT2D eigenvalue weighted by atomic mass is 9.47.